The van der Waals surface area contributed by atoms with Crippen molar-refractivity contribution < 1.29 is 18.8 Å². The van der Waals surface area contributed by atoms with Crippen LogP contribution in [0.1, 0.15) is 72.6 Å². The van der Waals surface area contributed by atoms with Crippen molar-refractivity contribution in [1.29, 1.82) is 0 Å². The van der Waals surface area contributed by atoms with Gasteiger partial charge in [-0.1, -0.05) is 67.9 Å². The number of carbonyl (C=O) groups excluding carboxylic acids is 3. The third kappa shape index (κ3) is 7.18. The van der Waals surface area contributed by atoms with Gasteiger partial charge in [-0.2, -0.15) is 0 Å². The van der Waals surface area contributed by atoms with Crippen LogP contribution in [0.2, 0.25) is 0 Å². The second kappa shape index (κ2) is 12.5. The third-order valence-electron chi connectivity index (χ3n) is 7.15. The average Bonchev–Trinajstić information content (AvgIpc) is 3.33. The maximum absolute atomic E-state index is 15.3. The summed E-state index contributed by atoms with van der Waals surface area (Å²) in [4.78, 5) is 39.6. The highest BCUT2D eigenvalue weighted by Gasteiger charge is 2.41. The first-order chi connectivity index (χ1) is 17.1. The lowest BCUT2D eigenvalue weighted by Crippen LogP contribution is -2.50. The Kier molecular flexibility index (Phi) is 9.70. The van der Waals surface area contributed by atoms with Crippen LogP contribution in [-0.2, 0) is 14.4 Å². The van der Waals surface area contributed by atoms with Gasteiger partial charge in [0, 0.05) is 29.4 Å². The van der Waals surface area contributed by atoms with E-state index in [-0.39, 0.29) is 29.9 Å². The van der Waals surface area contributed by atoms with E-state index in [9.17, 15) is 14.4 Å². The zero-order valence-corrected chi connectivity index (χ0v) is 22.4. The molecular formula is C27H37FN4O3S. The molecule has 3 atom stereocenters. The molecule has 0 radical (unpaired) electrons. The van der Waals surface area contributed by atoms with Gasteiger partial charge in [-0.25, -0.2) is 4.39 Å². The molecule has 0 aliphatic heterocycles. The fraction of sp³-hybridized carbons (Fsp3) is 0.593. The van der Waals surface area contributed by atoms with E-state index in [1.54, 1.807) is 0 Å². The molecule has 0 saturated heterocycles. The normalized spacial score (nSPS) is 17.1. The Hall–Kier alpha value is -2.68. The highest BCUT2D eigenvalue weighted by molar-refractivity contribution is 7.10. The fourth-order valence-corrected chi connectivity index (χ4v) is 5.24. The Morgan fingerprint density at radius 1 is 1.11 bits per heavy atom. The number of nitrogens with one attached hydrogen (secondary N) is 2. The summed E-state index contributed by atoms with van der Waals surface area (Å²) in [6, 6.07) is 8.56. The van der Waals surface area contributed by atoms with Gasteiger partial charge in [-0.05, 0) is 39.0 Å². The molecule has 1 fully saturated rings. The Bertz CT molecular complexity index is 1030. The van der Waals surface area contributed by atoms with Gasteiger partial charge < -0.3 is 10.6 Å². The number of rotatable bonds is 11. The molecule has 0 spiro atoms. The molecule has 0 bridgehead atoms. The van der Waals surface area contributed by atoms with Crippen molar-refractivity contribution in [1.82, 2.24) is 14.9 Å². The molecule has 7 nitrogen and oxygen atoms in total. The maximum atomic E-state index is 15.3. The van der Waals surface area contributed by atoms with Gasteiger partial charge >= 0.3 is 0 Å². The second-order valence-corrected chi connectivity index (χ2v) is 11.0. The van der Waals surface area contributed by atoms with Crippen molar-refractivity contribution >= 4 is 34.1 Å². The van der Waals surface area contributed by atoms with Crippen molar-refractivity contribution in [2.45, 2.75) is 84.4 Å². The van der Waals surface area contributed by atoms with Crippen LogP contribution in [0.4, 0.5) is 9.39 Å². The van der Waals surface area contributed by atoms with Gasteiger partial charge in [-0.15, -0.1) is 5.10 Å². The number of benzene rings is 1. The van der Waals surface area contributed by atoms with Gasteiger partial charge in [0.05, 0.1) is 12.0 Å². The Morgan fingerprint density at radius 2 is 1.78 bits per heavy atom. The van der Waals surface area contributed by atoms with Crippen LogP contribution in [0.15, 0.2) is 30.3 Å². The zero-order chi connectivity index (χ0) is 26.3. The number of Topliss-reactive ketones (excluding diaryl/α,β-unsaturated/α-hetero) is 1. The molecule has 1 heterocycles. The molecule has 1 aromatic carbocycles. The van der Waals surface area contributed by atoms with Crippen LogP contribution < -0.4 is 10.6 Å². The summed E-state index contributed by atoms with van der Waals surface area (Å²) < 4.78 is 19.3. The number of alkyl halides is 1. The highest BCUT2D eigenvalue weighted by atomic mass is 32.1. The monoisotopic (exact) mass is 516 g/mol. The topological polar surface area (TPSA) is 101 Å². The molecule has 196 valence electrons. The second-order valence-electron chi connectivity index (χ2n) is 10.3. The van der Waals surface area contributed by atoms with Crippen molar-refractivity contribution in [3.63, 3.8) is 0 Å². The number of ketones is 1. The van der Waals surface area contributed by atoms with Gasteiger partial charge in [-0.3, -0.25) is 14.4 Å². The van der Waals surface area contributed by atoms with Crippen LogP contribution in [-0.4, -0.2) is 38.9 Å². The molecule has 3 rings (SSSR count). The summed E-state index contributed by atoms with van der Waals surface area (Å²) in [6.45, 7) is 6.36. The van der Waals surface area contributed by atoms with Crippen LogP contribution in [0.3, 0.4) is 0 Å². The lowest BCUT2D eigenvalue weighted by atomic mass is 9.78. The van der Waals surface area contributed by atoms with Gasteiger partial charge in [0.15, 0.2) is 5.78 Å². The quantitative estimate of drug-likeness (QED) is 0.406. The molecule has 1 saturated carbocycles. The number of hydrogen-bond donors (Lipinski definition) is 2. The molecule has 2 N–H and O–H groups in total. The molecule has 1 aliphatic carbocycles. The first-order valence-corrected chi connectivity index (χ1v) is 13.6. The minimum absolute atomic E-state index is 0.000991. The zero-order valence-electron chi connectivity index (χ0n) is 21.6. The Labute approximate surface area is 216 Å². The minimum atomic E-state index is -1.96. The van der Waals surface area contributed by atoms with E-state index in [1.807, 2.05) is 44.2 Å². The predicted molar refractivity (Wildman–Crippen MR) is 140 cm³/mol. The van der Waals surface area contributed by atoms with Gasteiger partial charge in [0.25, 0.3) is 0 Å². The van der Waals surface area contributed by atoms with E-state index in [1.165, 1.54) is 13.8 Å². The van der Waals surface area contributed by atoms with E-state index in [0.717, 1.165) is 49.2 Å². The summed E-state index contributed by atoms with van der Waals surface area (Å²) in [5.41, 5.74) is -0.682. The van der Waals surface area contributed by atoms with Crippen molar-refractivity contribution in [3.05, 3.63) is 30.3 Å². The lowest BCUT2D eigenvalue weighted by molar-refractivity contribution is -0.135. The third-order valence-corrected chi connectivity index (χ3v) is 7.79. The molecule has 1 aliphatic rings. The lowest BCUT2D eigenvalue weighted by Gasteiger charge is -2.33. The first-order valence-electron chi connectivity index (χ1n) is 12.8. The number of aromatic nitrogens is 2. The molecule has 36 heavy (non-hydrogen) atoms. The minimum Gasteiger partial charge on any atom is -0.346 e. The Morgan fingerprint density at radius 3 is 2.39 bits per heavy atom. The molecule has 9 heteroatoms. The SMILES string of the molecule is CC[C@@H](C)C(=O)N[C@H](C(=O)C[C@H](C(=O)Nc1snnc1-c1ccccc1)C(C)(C)F)C1CCCCC1. The standard InChI is InChI=1S/C27H37FN4O3S/c1-5-17(2)24(34)29-22(18-12-8-6-9-13-18)21(33)16-20(27(3,4)28)25(35)30-26-23(31-32-36-26)19-14-10-7-11-15-19/h7,10-11,14-15,17-18,20,22H,5-6,8-9,12-13,16H2,1-4H3,(H,29,34)(H,30,35)/t17-,20-,22+/m1/s1. The number of anilines is 1. The smallest absolute Gasteiger partial charge is 0.231 e. The average molecular weight is 517 g/mol. The summed E-state index contributed by atoms with van der Waals surface area (Å²) in [7, 11) is 0. The van der Waals surface area contributed by atoms with E-state index < -0.39 is 23.5 Å². The number of carbonyl (C=O) groups is 3. The summed E-state index contributed by atoms with van der Waals surface area (Å²) >= 11 is 1.01. The summed E-state index contributed by atoms with van der Waals surface area (Å²) in [5, 5.41) is 10.2. The fourth-order valence-electron chi connectivity index (χ4n) is 4.64. The molecular weight excluding hydrogens is 479 g/mol. The largest absolute Gasteiger partial charge is 0.346 e. The first kappa shape index (κ1) is 27.9. The van der Waals surface area contributed by atoms with Crippen molar-refractivity contribution in [2.75, 3.05) is 5.32 Å². The van der Waals surface area contributed by atoms with E-state index >= 15 is 4.39 Å². The number of nitrogens with zero attached hydrogens (tertiary/aromatic N) is 2. The summed E-state index contributed by atoms with van der Waals surface area (Å²) in [6.07, 6.45) is 5.11. The predicted octanol–water partition coefficient (Wildman–Crippen LogP) is 5.58. The molecule has 2 amide bonds. The van der Waals surface area contributed by atoms with Crippen molar-refractivity contribution in [2.24, 2.45) is 17.8 Å². The van der Waals surface area contributed by atoms with Crippen LogP contribution in [0.25, 0.3) is 11.3 Å². The van der Waals surface area contributed by atoms with Gasteiger partial charge in [0.2, 0.25) is 11.8 Å². The molecule has 0 unspecified atom stereocenters. The van der Waals surface area contributed by atoms with E-state index in [4.69, 9.17) is 0 Å². The molecule has 1 aromatic heterocycles. The number of amides is 2. The van der Waals surface area contributed by atoms with Crippen LogP contribution in [0.5, 0.6) is 0 Å². The van der Waals surface area contributed by atoms with Crippen molar-refractivity contribution in [3.8, 4) is 11.3 Å². The number of hydrogen-bond acceptors (Lipinski definition) is 6. The summed E-state index contributed by atoms with van der Waals surface area (Å²) in [5.74, 6) is -2.53. The Balaban J connectivity index is 1.80. The van der Waals surface area contributed by atoms with E-state index in [0.29, 0.717) is 17.1 Å². The van der Waals surface area contributed by atoms with Crippen LogP contribution >= 0.6 is 11.5 Å². The van der Waals surface area contributed by atoms with Gasteiger partial charge in [0.1, 0.15) is 16.4 Å². The highest BCUT2D eigenvalue weighted by Crippen LogP contribution is 2.33. The number of halogens is 1. The maximum Gasteiger partial charge on any atom is 0.231 e. The van der Waals surface area contributed by atoms with E-state index in [2.05, 4.69) is 20.2 Å². The molecule has 2 aromatic rings. The van der Waals surface area contributed by atoms with Crippen LogP contribution in [0, 0.1) is 17.8 Å².